The number of anilines is 1. The minimum atomic E-state index is -0.995. The third-order valence-corrected chi connectivity index (χ3v) is 4.24. The number of carbonyl (C=O) groups is 2. The van der Waals surface area contributed by atoms with Gasteiger partial charge < -0.3 is 10.6 Å². The van der Waals surface area contributed by atoms with Gasteiger partial charge in [0.05, 0.1) is 0 Å². The van der Waals surface area contributed by atoms with E-state index in [0.29, 0.717) is 11.3 Å². The van der Waals surface area contributed by atoms with Crippen molar-refractivity contribution in [2.24, 2.45) is 5.92 Å². The number of para-hydroxylation sites is 1. The van der Waals surface area contributed by atoms with E-state index in [1.807, 2.05) is 19.1 Å². The Balaban J connectivity index is 1.86. The number of nitrogens with one attached hydrogen (secondary N) is 2. The molecule has 124 valence electrons. The molecule has 1 aliphatic rings. The summed E-state index contributed by atoms with van der Waals surface area (Å²) >= 11 is 0. The van der Waals surface area contributed by atoms with Crippen LogP contribution in [-0.2, 0) is 9.59 Å². The first-order valence-electron chi connectivity index (χ1n) is 7.56. The van der Waals surface area contributed by atoms with Gasteiger partial charge in [-0.05, 0) is 36.2 Å². The van der Waals surface area contributed by atoms with Crippen molar-refractivity contribution in [1.29, 1.82) is 0 Å². The van der Waals surface area contributed by atoms with Crippen LogP contribution in [0.25, 0.3) is 0 Å². The normalized spacial score (nSPS) is 19.9. The van der Waals surface area contributed by atoms with Gasteiger partial charge in [-0.15, -0.1) is 0 Å². The summed E-state index contributed by atoms with van der Waals surface area (Å²) in [7, 11) is 0. The summed E-state index contributed by atoms with van der Waals surface area (Å²) in [6, 6.07) is 10.7. The molecular formula is C18H16F2N2O2. The van der Waals surface area contributed by atoms with Gasteiger partial charge in [-0.25, -0.2) is 8.78 Å². The topological polar surface area (TPSA) is 58.2 Å². The fourth-order valence-electron chi connectivity index (χ4n) is 2.90. The summed E-state index contributed by atoms with van der Waals surface area (Å²) in [5.74, 6) is -4.38. The van der Waals surface area contributed by atoms with Crippen molar-refractivity contribution >= 4 is 17.5 Å². The Morgan fingerprint density at radius 2 is 1.92 bits per heavy atom. The highest BCUT2D eigenvalue weighted by Gasteiger charge is 2.41. The average molecular weight is 330 g/mol. The van der Waals surface area contributed by atoms with Crippen molar-refractivity contribution in [3.05, 3.63) is 65.2 Å². The van der Waals surface area contributed by atoms with Gasteiger partial charge in [0.25, 0.3) is 0 Å². The SMILES string of the molecule is Cc1ccccc1NC(=O)C1C(=O)NCC1c1ccc(F)c(F)c1. The van der Waals surface area contributed by atoms with Gasteiger partial charge in [0.15, 0.2) is 11.6 Å². The van der Waals surface area contributed by atoms with Gasteiger partial charge in [0.1, 0.15) is 5.92 Å². The molecule has 0 aliphatic carbocycles. The van der Waals surface area contributed by atoms with E-state index in [2.05, 4.69) is 10.6 Å². The zero-order valence-corrected chi connectivity index (χ0v) is 13.0. The van der Waals surface area contributed by atoms with Crippen LogP contribution >= 0.6 is 0 Å². The molecule has 3 rings (SSSR count). The Hall–Kier alpha value is -2.76. The van der Waals surface area contributed by atoms with Crippen LogP contribution in [0.3, 0.4) is 0 Å². The van der Waals surface area contributed by atoms with Gasteiger partial charge in [0, 0.05) is 18.2 Å². The molecule has 1 saturated heterocycles. The van der Waals surface area contributed by atoms with Crippen LogP contribution in [0.5, 0.6) is 0 Å². The minimum Gasteiger partial charge on any atom is -0.355 e. The number of halogens is 2. The van der Waals surface area contributed by atoms with Crippen molar-refractivity contribution in [3.8, 4) is 0 Å². The summed E-state index contributed by atoms with van der Waals surface area (Å²) in [6.45, 7) is 2.05. The molecule has 4 nitrogen and oxygen atoms in total. The van der Waals surface area contributed by atoms with Gasteiger partial charge in [-0.3, -0.25) is 9.59 Å². The van der Waals surface area contributed by atoms with Gasteiger partial charge in [0.2, 0.25) is 11.8 Å². The smallest absolute Gasteiger partial charge is 0.237 e. The molecule has 2 atom stereocenters. The van der Waals surface area contributed by atoms with Crippen LogP contribution < -0.4 is 10.6 Å². The molecule has 2 aromatic carbocycles. The fourth-order valence-corrected chi connectivity index (χ4v) is 2.90. The quantitative estimate of drug-likeness (QED) is 0.850. The zero-order valence-electron chi connectivity index (χ0n) is 13.0. The third-order valence-electron chi connectivity index (χ3n) is 4.24. The van der Waals surface area contributed by atoms with E-state index in [9.17, 15) is 18.4 Å². The maximum atomic E-state index is 13.5. The highest BCUT2D eigenvalue weighted by molar-refractivity contribution is 6.08. The summed E-state index contributed by atoms with van der Waals surface area (Å²) in [5, 5.41) is 5.36. The van der Waals surface area contributed by atoms with Crippen molar-refractivity contribution < 1.29 is 18.4 Å². The lowest BCUT2D eigenvalue weighted by molar-refractivity contribution is -0.130. The second kappa shape index (κ2) is 6.39. The largest absolute Gasteiger partial charge is 0.355 e. The van der Waals surface area contributed by atoms with E-state index in [0.717, 1.165) is 17.7 Å². The first-order valence-corrected chi connectivity index (χ1v) is 7.56. The molecule has 0 aromatic heterocycles. The summed E-state index contributed by atoms with van der Waals surface area (Å²) in [4.78, 5) is 24.7. The van der Waals surface area contributed by atoms with Crippen LogP contribution in [-0.4, -0.2) is 18.4 Å². The number of aryl methyl sites for hydroxylation is 1. The Kier molecular flexibility index (Phi) is 4.29. The molecule has 2 amide bonds. The molecule has 0 bridgehead atoms. The van der Waals surface area contributed by atoms with Crippen molar-refractivity contribution in [2.75, 3.05) is 11.9 Å². The standard InChI is InChI=1S/C18H16F2N2O2/c1-10-4-2-3-5-15(10)22-18(24)16-12(9-21-17(16)23)11-6-7-13(19)14(20)8-11/h2-8,12,16H,9H2,1H3,(H,21,23)(H,22,24). The lowest BCUT2D eigenvalue weighted by atomic mass is 9.87. The molecule has 1 heterocycles. The molecule has 24 heavy (non-hydrogen) atoms. The van der Waals surface area contributed by atoms with E-state index in [1.54, 1.807) is 12.1 Å². The number of benzene rings is 2. The number of carbonyl (C=O) groups excluding carboxylic acids is 2. The predicted octanol–water partition coefficient (Wildman–Crippen LogP) is 2.74. The Morgan fingerprint density at radius 3 is 2.62 bits per heavy atom. The van der Waals surface area contributed by atoms with Crippen molar-refractivity contribution in [1.82, 2.24) is 5.32 Å². The maximum Gasteiger partial charge on any atom is 0.237 e. The predicted molar refractivity (Wildman–Crippen MR) is 85.4 cm³/mol. The van der Waals surface area contributed by atoms with Gasteiger partial charge in [-0.2, -0.15) is 0 Å². The molecule has 2 unspecified atom stereocenters. The van der Waals surface area contributed by atoms with Gasteiger partial charge in [-0.1, -0.05) is 24.3 Å². The van der Waals surface area contributed by atoms with E-state index in [4.69, 9.17) is 0 Å². The van der Waals surface area contributed by atoms with Crippen molar-refractivity contribution in [3.63, 3.8) is 0 Å². The molecular weight excluding hydrogens is 314 g/mol. The number of rotatable bonds is 3. The van der Waals surface area contributed by atoms with Crippen LogP contribution in [0.4, 0.5) is 14.5 Å². The summed E-state index contributed by atoms with van der Waals surface area (Å²) in [6.07, 6.45) is 0. The molecule has 2 N–H and O–H groups in total. The van der Waals surface area contributed by atoms with Crippen molar-refractivity contribution in [2.45, 2.75) is 12.8 Å². The Bertz CT molecular complexity index is 807. The molecule has 1 fully saturated rings. The zero-order chi connectivity index (χ0) is 17.3. The molecule has 2 aromatic rings. The molecule has 0 spiro atoms. The minimum absolute atomic E-state index is 0.204. The van der Waals surface area contributed by atoms with Crippen LogP contribution in [0.2, 0.25) is 0 Å². The van der Waals surface area contributed by atoms with Crippen LogP contribution in [0.15, 0.2) is 42.5 Å². The lowest BCUT2D eigenvalue weighted by Gasteiger charge is -2.18. The average Bonchev–Trinajstić information content (AvgIpc) is 2.94. The Morgan fingerprint density at radius 1 is 1.17 bits per heavy atom. The highest BCUT2D eigenvalue weighted by Crippen LogP contribution is 2.31. The molecule has 0 radical (unpaired) electrons. The van der Waals surface area contributed by atoms with Gasteiger partial charge >= 0.3 is 0 Å². The van der Waals surface area contributed by atoms with Crippen LogP contribution in [0, 0.1) is 24.5 Å². The van der Waals surface area contributed by atoms with E-state index in [-0.39, 0.29) is 6.54 Å². The Labute approximate surface area is 137 Å². The van der Waals surface area contributed by atoms with E-state index < -0.39 is 35.3 Å². The molecule has 1 aliphatic heterocycles. The third kappa shape index (κ3) is 2.99. The first kappa shape index (κ1) is 16.1. The molecule has 6 heteroatoms. The lowest BCUT2D eigenvalue weighted by Crippen LogP contribution is -2.32. The van der Waals surface area contributed by atoms with E-state index >= 15 is 0 Å². The molecule has 0 saturated carbocycles. The number of hydrogen-bond acceptors (Lipinski definition) is 2. The van der Waals surface area contributed by atoms with Crippen LogP contribution in [0.1, 0.15) is 17.0 Å². The summed E-state index contributed by atoms with van der Waals surface area (Å²) in [5.41, 5.74) is 1.90. The second-order valence-electron chi connectivity index (χ2n) is 5.81. The number of amides is 2. The maximum absolute atomic E-state index is 13.5. The van der Waals surface area contributed by atoms with E-state index in [1.165, 1.54) is 6.07 Å². The number of hydrogen-bond donors (Lipinski definition) is 2. The fraction of sp³-hybridized carbons (Fsp3) is 0.222. The highest BCUT2D eigenvalue weighted by atomic mass is 19.2. The first-order chi connectivity index (χ1) is 11.5. The second-order valence-corrected chi connectivity index (χ2v) is 5.81. The summed E-state index contributed by atoms with van der Waals surface area (Å²) < 4.78 is 26.6. The monoisotopic (exact) mass is 330 g/mol.